The highest BCUT2D eigenvalue weighted by molar-refractivity contribution is 7.92. The Hall–Kier alpha value is -2.02. The normalized spacial score (nSPS) is 12.9. The van der Waals surface area contributed by atoms with Gasteiger partial charge in [0.25, 0.3) is 0 Å². The third kappa shape index (κ3) is 3.99. The maximum absolute atomic E-state index is 11.1. The lowest BCUT2D eigenvalue weighted by Crippen LogP contribution is -2.10. The predicted molar refractivity (Wildman–Crippen MR) is 80.2 cm³/mol. The van der Waals surface area contributed by atoms with E-state index in [4.69, 9.17) is 0 Å². The fraction of sp³-hybridized carbons (Fsp3) is 0.308. The maximum Gasteiger partial charge on any atom is 0.229 e. The SMILES string of the molecule is C[C@@H](Nc1cnn(C)c1)c1ccc(NS(C)(=O)=O)cc1. The fourth-order valence-electron chi connectivity index (χ4n) is 1.88. The van der Waals surface area contributed by atoms with Crippen molar-refractivity contribution < 1.29 is 8.42 Å². The molecule has 1 aromatic heterocycles. The minimum Gasteiger partial charge on any atom is -0.376 e. The highest BCUT2D eigenvalue weighted by Crippen LogP contribution is 2.20. The Kier molecular flexibility index (Phi) is 3.99. The molecule has 0 aliphatic heterocycles. The van der Waals surface area contributed by atoms with Gasteiger partial charge in [-0.3, -0.25) is 9.40 Å². The zero-order chi connectivity index (χ0) is 14.8. The molecular formula is C13H18N4O2S. The fourth-order valence-corrected chi connectivity index (χ4v) is 2.45. The Morgan fingerprint density at radius 1 is 1.20 bits per heavy atom. The average molecular weight is 294 g/mol. The topological polar surface area (TPSA) is 76.0 Å². The molecule has 1 heterocycles. The molecule has 20 heavy (non-hydrogen) atoms. The number of hydrogen-bond donors (Lipinski definition) is 2. The second-order valence-corrected chi connectivity index (χ2v) is 6.51. The van der Waals surface area contributed by atoms with Crippen LogP contribution in [0.2, 0.25) is 0 Å². The molecule has 1 aromatic carbocycles. The van der Waals surface area contributed by atoms with Crippen molar-refractivity contribution in [3.63, 3.8) is 0 Å². The van der Waals surface area contributed by atoms with Crippen molar-refractivity contribution in [2.24, 2.45) is 7.05 Å². The summed E-state index contributed by atoms with van der Waals surface area (Å²) in [5.41, 5.74) is 2.57. The van der Waals surface area contributed by atoms with Gasteiger partial charge in [0.2, 0.25) is 10.0 Å². The summed E-state index contributed by atoms with van der Waals surface area (Å²) in [7, 11) is -1.37. The first kappa shape index (κ1) is 14.4. The smallest absolute Gasteiger partial charge is 0.229 e. The van der Waals surface area contributed by atoms with Crippen molar-refractivity contribution in [2.75, 3.05) is 16.3 Å². The Bertz CT molecular complexity index is 677. The number of nitrogens with one attached hydrogen (secondary N) is 2. The van der Waals surface area contributed by atoms with Crippen molar-refractivity contribution >= 4 is 21.4 Å². The summed E-state index contributed by atoms with van der Waals surface area (Å²) in [6, 6.07) is 7.38. The van der Waals surface area contributed by atoms with E-state index in [0.29, 0.717) is 5.69 Å². The summed E-state index contributed by atoms with van der Waals surface area (Å²) in [6.45, 7) is 2.03. The Balaban J connectivity index is 2.05. The molecule has 0 aliphatic rings. The first-order chi connectivity index (χ1) is 9.33. The number of aromatic nitrogens is 2. The van der Waals surface area contributed by atoms with Gasteiger partial charge in [-0.05, 0) is 24.6 Å². The van der Waals surface area contributed by atoms with Crippen molar-refractivity contribution in [3.05, 3.63) is 42.2 Å². The van der Waals surface area contributed by atoms with Crippen LogP contribution in [0.4, 0.5) is 11.4 Å². The lowest BCUT2D eigenvalue weighted by Gasteiger charge is -2.14. The first-order valence-electron chi connectivity index (χ1n) is 6.16. The monoisotopic (exact) mass is 294 g/mol. The van der Waals surface area contributed by atoms with Gasteiger partial charge in [-0.15, -0.1) is 0 Å². The number of benzene rings is 1. The number of aryl methyl sites for hydroxylation is 1. The third-order valence-electron chi connectivity index (χ3n) is 2.80. The summed E-state index contributed by atoms with van der Waals surface area (Å²) < 4.78 is 26.4. The molecule has 6 nitrogen and oxygen atoms in total. The molecule has 7 heteroatoms. The van der Waals surface area contributed by atoms with Crippen LogP contribution >= 0.6 is 0 Å². The molecule has 0 fully saturated rings. The van der Waals surface area contributed by atoms with Crippen LogP contribution in [0.15, 0.2) is 36.7 Å². The van der Waals surface area contributed by atoms with Crippen LogP contribution in [-0.2, 0) is 17.1 Å². The molecule has 0 saturated heterocycles. The molecule has 0 saturated carbocycles. The highest BCUT2D eigenvalue weighted by Gasteiger charge is 2.07. The lowest BCUT2D eigenvalue weighted by molar-refractivity contribution is 0.607. The molecule has 1 atom stereocenters. The quantitative estimate of drug-likeness (QED) is 0.884. The van der Waals surface area contributed by atoms with Crippen LogP contribution in [0.5, 0.6) is 0 Å². The number of nitrogens with zero attached hydrogens (tertiary/aromatic N) is 2. The largest absolute Gasteiger partial charge is 0.376 e. The van der Waals surface area contributed by atoms with Crippen LogP contribution < -0.4 is 10.0 Å². The van der Waals surface area contributed by atoms with Crippen LogP contribution in [-0.4, -0.2) is 24.5 Å². The van der Waals surface area contributed by atoms with Gasteiger partial charge >= 0.3 is 0 Å². The molecule has 0 aliphatic carbocycles. The molecule has 108 valence electrons. The van der Waals surface area contributed by atoms with Gasteiger partial charge < -0.3 is 5.32 Å². The van der Waals surface area contributed by atoms with Gasteiger partial charge in [-0.25, -0.2) is 8.42 Å². The number of rotatable bonds is 5. The van der Waals surface area contributed by atoms with E-state index in [2.05, 4.69) is 15.1 Å². The van der Waals surface area contributed by atoms with Crippen molar-refractivity contribution in [2.45, 2.75) is 13.0 Å². The van der Waals surface area contributed by atoms with Crippen molar-refractivity contribution in [1.29, 1.82) is 0 Å². The summed E-state index contributed by atoms with van der Waals surface area (Å²) in [4.78, 5) is 0. The molecule has 2 N–H and O–H groups in total. The van der Waals surface area contributed by atoms with Gasteiger partial charge in [-0.1, -0.05) is 12.1 Å². The second-order valence-electron chi connectivity index (χ2n) is 4.76. The van der Waals surface area contributed by atoms with E-state index < -0.39 is 10.0 Å². The van der Waals surface area contributed by atoms with Gasteiger partial charge in [0.1, 0.15) is 0 Å². The second kappa shape index (κ2) is 5.54. The van der Waals surface area contributed by atoms with Gasteiger partial charge in [0.05, 0.1) is 18.1 Å². The zero-order valence-corrected chi connectivity index (χ0v) is 12.5. The van der Waals surface area contributed by atoms with Crippen molar-refractivity contribution in [1.82, 2.24) is 9.78 Å². The molecular weight excluding hydrogens is 276 g/mol. The zero-order valence-electron chi connectivity index (χ0n) is 11.7. The molecule has 2 aromatic rings. The standard InChI is InChI=1S/C13H18N4O2S/c1-10(15-13-8-14-17(2)9-13)11-4-6-12(7-5-11)16-20(3,18)19/h4-10,15-16H,1-3H3/t10-/m1/s1. The summed E-state index contributed by atoms with van der Waals surface area (Å²) in [5.74, 6) is 0. The lowest BCUT2D eigenvalue weighted by atomic mass is 10.1. The Morgan fingerprint density at radius 3 is 2.35 bits per heavy atom. The van der Waals surface area contributed by atoms with Crippen LogP contribution in [0.3, 0.4) is 0 Å². The Labute approximate surface area is 118 Å². The van der Waals surface area contributed by atoms with Crippen molar-refractivity contribution in [3.8, 4) is 0 Å². The number of hydrogen-bond acceptors (Lipinski definition) is 4. The number of sulfonamides is 1. The molecule has 0 unspecified atom stereocenters. The van der Waals surface area contributed by atoms with Gasteiger partial charge in [0.15, 0.2) is 0 Å². The Morgan fingerprint density at radius 2 is 1.85 bits per heavy atom. The minimum absolute atomic E-state index is 0.103. The molecule has 0 amide bonds. The van der Waals surface area contributed by atoms with Crippen LogP contribution in [0.25, 0.3) is 0 Å². The van der Waals surface area contributed by atoms with E-state index in [0.717, 1.165) is 17.5 Å². The third-order valence-corrected chi connectivity index (χ3v) is 3.41. The van der Waals surface area contributed by atoms with E-state index in [1.54, 1.807) is 23.0 Å². The predicted octanol–water partition coefficient (Wildman–Crippen LogP) is 1.96. The maximum atomic E-state index is 11.1. The summed E-state index contributed by atoms with van der Waals surface area (Å²) in [6.07, 6.45) is 4.79. The van der Waals surface area contributed by atoms with Gasteiger partial charge in [0, 0.05) is 25.0 Å². The highest BCUT2D eigenvalue weighted by atomic mass is 32.2. The summed E-state index contributed by atoms with van der Waals surface area (Å²) in [5, 5.41) is 7.42. The summed E-state index contributed by atoms with van der Waals surface area (Å²) >= 11 is 0. The first-order valence-corrected chi connectivity index (χ1v) is 8.05. The molecule has 0 radical (unpaired) electrons. The van der Waals surface area contributed by atoms with E-state index in [-0.39, 0.29) is 6.04 Å². The van der Waals surface area contributed by atoms with Crippen LogP contribution in [0.1, 0.15) is 18.5 Å². The molecule has 0 spiro atoms. The van der Waals surface area contributed by atoms with E-state index in [1.165, 1.54) is 0 Å². The van der Waals surface area contributed by atoms with Gasteiger partial charge in [-0.2, -0.15) is 5.10 Å². The van der Waals surface area contributed by atoms with Crippen LogP contribution in [0, 0.1) is 0 Å². The molecule has 0 bridgehead atoms. The van der Waals surface area contributed by atoms with E-state index in [9.17, 15) is 8.42 Å². The van der Waals surface area contributed by atoms with E-state index in [1.807, 2.05) is 32.3 Å². The average Bonchev–Trinajstić information content (AvgIpc) is 2.73. The van der Waals surface area contributed by atoms with E-state index >= 15 is 0 Å². The minimum atomic E-state index is -3.23. The molecule has 2 rings (SSSR count). The number of anilines is 2.